The van der Waals surface area contributed by atoms with Gasteiger partial charge >= 0.3 is 0 Å². The lowest BCUT2D eigenvalue weighted by atomic mass is 10.2. The monoisotopic (exact) mass is 238 g/mol. The van der Waals surface area contributed by atoms with Crippen LogP contribution < -0.4 is 9.80 Å². The number of hydrogen-bond acceptors (Lipinski definition) is 2. The Kier molecular flexibility index (Phi) is 2.59. The Morgan fingerprint density at radius 2 is 1.62 bits per heavy atom. The lowest BCUT2D eigenvalue weighted by molar-refractivity contribution is -0.125. The van der Waals surface area contributed by atoms with Gasteiger partial charge in [-0.3, -0.25) is 9.59 Å². The van der Waals surface area contributed by atoms with Gasteiger partial charge in [-0.05, 0) is 18.2 Å². The molecule has 0 saturated heterocycles. The fourth-order valence-corrected chi connectivity index (χ4v) is 1.85. The number of carbonyl (C=O) groups is 2. The van der Waals surface area contributed by atoms with Crippen LogP contribution in [0.3, 0.4) is 0 Å². The molecular formula is C11H11ClN2O2. The highest BCUT2D eigenvalue weighted by Gasteiger charge is 2.27. The normalized spacial score (nSPS) is 16.2. The third kappa shape index (κ3) is 1.65. The maximum absolute atomic E-state index is 11.7. The number of rotatable bonds is 0. The van der Waals surface area contributed by atoms with Crippen molar-refractivity contribution < 1.29 is 9.59 Å². The van der Waals surface area contributed by atoms with Crippen LogP contribution >= 0.6 is 11.6 Å². The zero-order valence-electron chi connectivity index (χ0n) is 9.03. The number of hydrogen-bond donors (Lipinski definition) is 0. The fraction of sp³-hybridized carbons (Fsp3) is 0.273. The van der Waals surface area contributed by atoms with Crippen LogP contribution in [0.25, 0.3) is 0 Å². The Hall–Kier alpha value is -1.55. The summed E-state index contributed by atoms with van der Waals surface area (Å²) < 4.78 is 0. The molecule has 0 fully saturated rings. The minimum atomic E-state index is -0.224. The number of halogens is 1. The van der Waals surface area contributed by atoms with Gasteiger partial charge in [0.1, 0.15) is 6.42 Å². The first-order chi connectivity index (χ1) is 7.50. The van der Waals surface area contributed by atoms with E-state index in [9.17, 15) is 9.59 Å². The highest BCUT2D eigenvalue weighted by Crippen LogP contribution is 2.33. The molecule has 16 heavy (non-hydrogen) atoms. The van der Waals surface area contributed by atoms with Gasteiger partial charge < -0.3 is 9.80 Å². The van der Waals surface area contributed by atoms with E-state index in [1.807, 2.05) is 0 Å². The van der Waals surface area contributed by atoms with Crippen LogP contribution in [-0.2, 0) is 9.59 Å². The van der Waals surface area contributed by atoms with Gasteiger partial charge in [-0.2, -0.15) is 0 Å². The number of carbonyl (C=O) groups excluding carboxylic acids is 2. The Balaban J connectivity index is 2.62. The van der Waals surface area contributed by atoms with Crippen molar-refractivity contribution in [3.8, 4) is 0 Å². The van der Waals surface area contributed by atoms with Gasteiger partial charge in [-0.15, -0.1) is 0 Å². The predicted molar refractivity (Wildman–Crippen MR) is 62.9 cm³/mol. The number of nitrogens with zero attached hydrogens (tertiary/aromatic N) is 2. The van der Waals surface area contributed by atoms with Crippen molar-refractivity contribution in [2.45, 2.75) is 6.42 Å². The summed E-state index contributed by atoms with van der Waals surface area (Å²) in [5, 5.41) is 0.543. The molecular weight excluding hydrogens is 228 g/mol. The average molecular weight is 239 g/mol. The van der Waals surface area contributed by atoms with Gasteiger partial charge in [0.05, 0.1) is 11.4 Å². The Morgan fingerprint density at radius 3 is 2.25 bits per heavy atom. The van der Waals surface area contributed by atoms with Crippen molar-refractivity contribution in [3.63, 3.8) is 0 Å². The third-order valence-electron chi connectivity index (χ3n) is 2.71. The maximum atomic E-state index is 11.7. The summed E-state index contributed by atoms with van der Waals surface area (Å²) in [5.41, 5.74) is 1.36. The van der Waals surface area contributed by atoms with Gasteiger partial charge in [-0.25, -0.2) is 0 Å². The first kappa shape index (κ1) is 11.0. The summed E-state index contributed by atoms with van der Waals surface area (Å²) in [6, 6.07) is 5.13. The molecule has 1 aromatic carbocycles. The van der Waals surface area contributed by atoms with Gasteiger partial charge in [0.2, 0.25) is 11.8 Å². The van der Waals surface area contributed by atoms with Crippen molar-refractivity contribution in [3.05, 3.63) is 23.2 Å². The smallest absolute Gasteiger partial charge is 0.236 e. The molecule has 0 bridgehead atoms. The van der Waals surface area contributed by atoms with Crippen molar-refractivity contribution >= 4 is 34.8 Å². The van der Waals surface area contributed by atoms with E-state index in [4.69, 9.17) is 11.6 Å². The van der Waals surface area contributed by atoms with E-state index in [1.165, 1.54) is 9.80 Å². The van der Waals surface area contributed by atoms with E-state index in [-0.39, 0.29) is 18.2 Å². The lowest BCUT2D eigenvalue weighted by Crippen LogP contribution is -2.28. The quantitative estimate of drug-likeness (QED) is 0.645. The molecule has 0 N–H and O–H groups in total. The largest absolute Gasteiger partial charge is 0.313 e. The van der Waals surface area contributed by atoms with E-state index in [2.05, 4.69) is 0 Å². The SMILES string of the molecule is CN1C(=O)CC(=O)N(C)c2cc(Cl)ccc21. The first-order valence-corrected chi connectivity index (χ1v) is 5.21. The molecule has 2 amide bonds. The fourth-order valence-electron chi connectivity index (χ4n) is 1.68. The average Bonchev–Trinajstić information content (AvgIpc) is 2.32. The highest BCUT2D eigenvalue weighted by molar-refractivity contribution is 6.31. The Morgan fingerprint density at radius 1 is 1.06 bits per heavy atom. The van der Waals surface area contributed by atoms with E-state index in [0.29, 0.717) is 16.4 Å². The second-order valence-corrected chi connectivity index (χ2v) is 4.15. The molecule has 0 aromatic heterocycles. The van der Waals surface area contributed by atoms with Crippen LogP contribution in [-0.4, -0.2) is 25.9 Å². The number of amides is 2. The molecule has 2 rings (SSSR count). The van der Waals surface area contributed by atoms with Crippen molar-refractivity contribution in [1.82, 2.24) is 0 Å². The van der Waals surface area contributed by atoms with Gasteiger partial charge in [0, 0.05) is 19.1 Å². The summed E-state index contributed by atoms with van der Waals surface area (Å²) >= 11 is 5.89. The molecule has 84 valence electrons. The summed E-state index contributed by atoms with van der Waals surface area (Å²) in [6.45, 7) is 0. The molecule has 1 aliphatic rings. The van der Waals surface area contributed by atoms with Crippen molar-refractivity contribution in [2.24, 2.45) is 0 Å². The van der Waals surface area contributed by atoms with Crippen molar-refractivity contribution in [2.75, 3.05) is 23.9 Å². The Bertz CT molecular complexity index is 473. The summed E-state index contributed by atoms with van der Waals surface area (Å²) in [7, 11) is 3.30. The summed E-state index contributed by atoms with van der Waals surface area (Å²) in [5.74, 6) is -0.434. The zero-order valence-corrected chi connectivity index (χ0v) is 9.78. The molecule has 0 atom stereocenters. The number of fused-ring (bicyclic) bond motifs is 1. The lowest BCUT2D eigenvalue weighted by Gasteiger charge is -2.20. The van der Waals surface area contributed by atoms with E-state index < -0.39 is 0 Å². The third-order valence-corrected chi connectivity index (χ3v) is 2.95. The van der Waals surface area contributed by atoms with Crippen LogP contribution in [0.4, 0.5) is 11.4 Å². The number of anilines is 2. The van der Waals surface area contributed by atoms with Crippen LogP contribution in [0.5, 0.6) is 0 Å². The van der Waals surface area contributed by atoms with Crippen LogP contribution in [0.2, 0.25) is 5.02 Å². The number of benzene rings is 1. The molecule has 0 spiro atoms. The summed E-state index contributed by atoms with van der Waals surface area (Å²) in [4.78, 5) is 26.3. The Labute approximate surface area is 98.4 Å². The molecule has 0 aliphatic carbocycles. The second-order valence-electron chi connectivity index (χ2n) is 3.72. The molecule has 0 unspecified atom stereocenters. The minimum Gasteiger partial charge on any atom is -0.313 e. The minimum absolute atomic E-state index is 0.112. The topological polar surface area (TPSA) is 40.6 Å². The first-order valence-electron chi connectivity index (χ1n) is 4.83. The predicted octanol–water partition coefficient (Wildman–Crippen LogP) is 1.67. The van der Waals surface area contributed by atoms with E-state index in [0.717, 1.165) is 0 Å². The van der Waals surface area contributed by atoms with Crippen LogP contribution in [0.1, 0.15) is 6.42 Å². The van der Waals surface area contributed by atoms with Gasteiger partial charge in [0.25, 0.3) is 0 Å². The molecule has 1 aromatic rings. The van der Waals surface area contributed by atoms with Gasteiger partial charge in [0.15, 0.2) is 0 Å². The van der Waals surface area contributed by atoms with Gasteiger partial charge in [-0.1, -0.05) is 11.6 Å². The van der Waals surface area contributed by atoms with Crippen molar-refractivity contribution in [1.29, 1.82) is 0 Å². The zero-order chi connectivity index (χ0) is 11.9. The van der Waals surface area contributed by atoms with E-state index >= 15 is 0 Å². The standard InChI is InChI=1S/C11H11ClN2O2/c1-13-8-4-3-7(12)5-9(8)14(2)11(16)6-10(13)15/h3-5H,6H2,1-2H3. The molecule has 4 nitrogen and oxygen atoms in total. The van der Waals surface area contributed by atoms with E-state index in [1.54, 1.807) is 32.3 Å². The molecule has 5 heteroatoms. The highest BCUT2D eigenvalue weighted by atomic mass is 35.5. The molecule has 1 heterocycles. The van der Waals surface area contributed by atoms with Crippen LogP contribution in [0, 0.1) is 0 Å². The summed E-state index contributed by atoms with van der Waals surface area (Å²) in [6.07, 6.45) is -0.112. The second kappa shape index (κ2) is 3.79. The van der Waals surface area contributed by atoms with Crippen LogP contribution in [0.15, 0.2) is 18.2 Å². The molecule has 0 saturated carbocycles. The molecule has 0 radical (unpaired) electrons. The molecule has 1 aliphatic heterocycles. The maximum Gasteiger partial charge on any atom is 0.236 e.